The standard InChI is InChI=1S/C20H19N2/c1-3-21-15(2)22(17-10-5-4-6-11-17)19-14-13-16-9-7-8-12-18(16)20(19)21/h4-14H,3H2,1-2H3/q+1. The smallest absolute Gasteiger partial charge is 0.227 e. The highest BCUT2D eigenvalue weighted by Gasteiger charge is 2.23. The molecule has 0 fully saturated rings. The SMILES string of the molecule is CC[n+]1c(C)n(-c2ccccc2)c2ccc3ccccc3c21. The van der Waals surface area contributed by atoms with Gasteiger partial charge in [-0.05, 0) is 42.6 Å². The molecule has 0 aliphatic rings. The van der Waals surface area contributed by atoms with Crippen molar-refractivity contribution in [1.82, 2.24) is 4.57 Å². The Morgan fingerprint density at radius 2 is 1.59 bits per heavy atom. The number of aromatic nitrogens is 2. The van der Waals surface area contributed by atoms with Crippen LogP contribution in [0.1, 0.15) is 12.7 Å². The van der Waals surface area contributed by atoms with Crippen molar-refractivity contribution in [3.8, 4) is 5.69 Å². The summed E-state index contributed by atoms with van der Waals surface area (Å²) in [5, 5.41) is 2.61. The Kier molecular flexibility index (Phi) is 2.97. The van der Waals surface area contributed by atoms with Crippen LogP contribution in [0.4, 0.5) is 0 Å². The highest BCUT2D eigenvalue weighted by molar-refractivity contribution is 6.02. The highest BCUT2D eigenvalue weighted by atomic mass is 15.2. The molecule has 0 aliphatic heterocycles. The third kappa shape index (κ3) is 1.77. The number of hydrogen-bond acceptors (Lipinski definition) is 0. The lowest BCUT2D eigenvalue weighted by atomic mass is 10.1. The quantitative estimate of drug-likeness (QED) is 0.483. The van der Waals surface area contributed by atoms with Crippen LogP contribution in [0.2, 0.25) is 0 Å². The van der Waals surface area contributed by atoms with E-state index in [1.165, 1.54) is 33.3 Å². The normalized spacial score (nSPS) is 11.4. The van der Waals surface area contributed by atoms with Crippen LogP contribution in [0.25, 0.3) is 27.5 Å². The summed E-state index contributed by atoms with van der Waals surface area (Å²) in [6.45, 7) is 5.38. The number of hydrogen-bond donors (Lipinski definition) is 0. The zero-order valence-electron chi connectivity index (χ0n) is 13.0. The third-order valence-electron chi connectivity index (χ3n) is 4.43. The Morgan fingerprint density at radius 3 is 2.36 bits per heavy atom. The molecular weight excluding hydrogens is 268 g/mol. The summed E-state index contributed by atoms with van der Waals surface area (Å²) < 4.78 is 4.76. The van der Waals surface area contributed by atoms with Gasteiger partial charge in [0.25, 0.3) is 5.82 Å². The number of imidazole rings is 1. The van der Waals surface area contributed by atoms with Crippen LogP contribution in [-0.2, 0) is 6.54 Å². The second-order valence-corrected chi connectivity index (χ2v) is 5.62. The lowest BCUT2D eigenvalue weighted by Crippen LogP contribution is -2.35. The van der Waals surface area contributed by atoms with E-state index >= 15 is 0 Å². The molecule has 0 atom stereocenters. The molecule has 1 heterocycles. The van der Waals surface area contributed by atoms with E-state index in [0.717, 1.165) is 6.54 Å². The molecule has 0 spiro atoms. The van der Waals surface area contributed by atoms with Crippen LogP contribution in [0, 0.1) is 6.92 Å². The van der Waals surface area contributed by atoms with Gasteiger partial charge in [-0.3, -0.25) is 0 Å². The summed E-state index contributed by atoms with van der Waals surface area (Å²) in [5.41, 5.74) is 3.80. The number of fused-ring (bicyclic) bond motifs is 3. The van der Waals surface area contributed by atoms with Crippen LogP contribution in [0.5, 0.6) is 0 Å². The van der Waals surface area contributed by atoms with Gasteiger partial charge in [0.05, 0.1) is 6.54 Å². The lowest BCUT2D eigenvalue weighted by molar-refractivity contribution is -0.673. The molecule has 3 aromatic carbocycles. The Bertz CT molecular complexity index is 965. The molecule has 0 unspecified atom stereocenters. The Hall–Kier alpha value is -2.61. The highest BCUT2D eigenvalue weighted by Crippen LogP contribution is 2.27. The molecule has 0 bridgehead atoms. The molecule has 0 N–H and O–H groups in total. The van der Waals surface area contributed by atoms with Crippen LogP contribution >= 0.6 is 0 Å². The number of benzene rings is 3. The minimum atomic E-state index is 0.968. The number of rotatable bonds is 2. The van der Waals surface area contributed by atoms with E-state index in [2.05, 4.69) is 89.7 Å². The molecule has 4 rings (SSSR count). The Morgan fingerprint density at radius 1 is 0.864 bits per heavy atom. The van der Waals surface area contributed by atoms with Gasteiger partial charge in [0.2, 0.25) is 0 Å². The summed E-state index contributed by atoms with van der Waals surface area (Å²) in [6.07, 6.45) is 0. The summed E-state index contributed by atoms with van der Waals surface area (Å²) in [5.74, 6) is 1.26. The summed E-state index contributed by atoms with van der Waals surface area (Å²) in [4.78, 5) is 0. The van der Waals surface area contributed by atoms with Gasteiger partial charge < -0.3 is 0 Å². The van der Waals surface area contributed by atoms with Crippen molar-refractivity contribution >= 4 is 21.8 Å². The largest absolute Gasteiger partial charge is 0.259 e. The van der Waals surface area contributed by atoms with Crippen molar-refractivity contribution < 1.29 is 4.57 Å². The van der Waals surface area contributed by atoms with Crippen molar-refractivity contribution in [3.63, 3.8) is 0 Å². The monoisotopic (exact) mass is 287 g/mol. The molecule has 1 aromatic heterocycles. The van der Waals surface area contributed by atoms with Crippen LogP contribution < -0.4 is 4.57 Å². The van der Waals surface area contributed by atoms with Crippen LogP contribution in [0.3, 0.4) is 0 Å². The summed E-state index contributed by atoms with van der Waals surface area (Å²) in [7, 11) is 0. The van der Waals surface area contributed by atoms with Crippen LogP contribution in [0.15, 0.2) is 66.7 Å². The average molecular weight is 287 g/mol. The third-order valence-corrected chi connectivity index (χ3v) is 4.43. The van der Waals surface area contributed by atoms with Crippen molar-refractivity contribution in [2.24, 2.45) is 0 Å². The molecule has 2 heteroatoms. The van der Waals surface area contributed by atoms with Gasteiger partial charge in [-0.1, -0.05) is 36.4 Å². The number of para-hydroxylation sites is 1. The van der Waals surface area contributed by atoms with Crippen molar-refractivity contribution in [2.75, 3.05) is 0 Å². The predicted molar refractivity (Wildman–Crippen MR) is 91.4 cm³/mol. The fourth-order valence-electron chi connectivity index (χ4n) is 3.45. The van der Waals surface area contributed by atoms with E-state index in [9.17, 15) is 0 Å². The maximum absolute atomic E-state index is 2.41. The Balaban J connectivity index is 2.20. The molecule has 108 valence electrons. The fourth-order valence-corrected chi connectivity index (χ4v) is 3.45. The van der Waals surface area contributed by atoms with Crippen molar-refractivity contribution in [1.29, 1.82) is 0 Å². The molecule has 22 heavy (non-hydrogen) atoms. The first-order valence-corrected chi connectivity index (χ1v) is 7.79. The van der Waals surface area contributed by atoms with E-state index in [0.29, 0.717) is 0 Å². The minimum absolute atomic E-state index is 0.968. The molecule has 0 amide bonds. The minimum Gasteiger partial charge on any atom is -0.227 e. The number of aryl methyl sites for hydroxylation is 1. The topological polar surface area (TPSA) is 8.81 Å². The van der Waals surface area contributed by atoms with Gasteiger partial charge in [-0.25, -0.2) is 4.57 Å². The second kappa shape index (κ2) is 4.99. The molecule has 2 nitrogen and oxygen atoms in total. The summed E-state index contributed by atoms with van der Waals surface area (Å²) >= 11 is 0. The molecule has 4 aromatic rings. The molecule has 0 saturated heterocycles. The van der Waals surface area contributed by atoms with Crippen molar-refractivity contribution in [2.45, 2.75) is 20.4 Å². The van der Waals surface area contributed by atoms with E-state index in [4.69, 9.17) is 0 Å². The van der Waals surface area contributed by atoms with Gasteiger partial charge in [0.15, 0.2) is 11.0 Å². The predicted octanol–water partition coefficient (Wildman–Crippen LogP) is 4.40. The van der Waals surface area contributed by atoms with E-state index < -0.39 is 0 Å². The van der Waals surface area contributed by atoms with Crippen molar-refractivity contribution in [3.05, 3.63) is 72.6 Å². The fraction of sp³-hybridized carbons (Fsp3) is 0.150. The molecule has 0 saturated carbocycles. The first-order chi connectivity index (χ1) is 10.8. The van der Waals surface area contributed by atoms with Crippen LogP contribution in [-0.4, -0.2) is 4.57 Å². The summed E-state index contributed by atoms with van der Waals surface area (Å²) in [6, 6.07) is 23.7. The maximum atomic E-state index is 2.41. The first kappa shape index (κ1) is 13.1. The second-order valence-electron chi connectivity index (χ2n) is 5.62. The maximum Gasteiger partial charge on any atom is 0.259 e. The first-order valence-electron chi connectivity index (χ1n) is 7.79. The van der Waals surface area contributed by atoms with E-state index in [1.54, 1.807) is 0 Å². The van der Waals surface area contributed by atoms with Gasteiger partial charge in [0.1, 0.15) is 5.69 Å². The number of nitrogens with zero attached hydrogens (tertiary/aromatic N) is 2. The zero-order valence-corrected chi connectivity index (χ0v) is 13.0. The molecular formula is C20H19N2+. The van der Waals surface area contributed by atoms with Gasteiger partial charge in [-0.2, -0.15) is 4.57 Å². The van der Waals surface area contributed by atoms with Gasteiger partial charge in [-0.15, -0.1) is 0 Å². The zero-order chi connectivity index (χ0) is 15.1. The lowest BCUT2D eigenvalue weighted by Gasteiger charge is -1.99. The van der Waals surface area contributed by atoms with E-state index in [1.807, 2.05) is 0 Å². The average Bonchev–Trinajstić information content (AvgIpc) is 2.87. The molecule has 0 radical (unpaired) electrons. The molecule has 0 aliphatic carbocycles. The van der Waals surface area contributed by atoms with Gasteiger partial charge >= 0.3 is 0 Å². The van der Waals surface area contributed by atoms with Gasteiger partial charge in [0, 0.05) is 12.3 Å². The Labute approximate surface area is 130 Å². The van der Waals surface area contributed by atoms with E-state index in [-0.39, 0.29) is 0 Å².